The summed E-state index contributed by atoms with van der Waals surface area (Å²) in [6, 6.07) is 0. The molecule has 5 heteroatoms. The Morgan fingerprint density at radius 1 is 1.29 bits per heavy atom. The van der Waals surface area contributed by atoms with Gasteiger partial charge in [0, 0.05) is 6.54 Å². The van der Waals surface area contributed by atoms with E-state index in [1.54, 1.807) is 0 Å². The van der Waals surface area contributed by atoms with Gasteiger partial charge >= 0.3 is 0 Å². The Morgan fingerprint density at radius 3 is 2.36 bits per heavy atom. The van der Waals surface area contributed by atoms with E-state index < -0.39 is 10.0 Å². The average Bonchev–Trinajstić information content (AvgIpc) is 2.17. The van der Waals surface area contributed by atoms with Gasteiger partial charge in [-0.25, -0.2) is 13.1 Å². The fraction of sp³-hybridized carbons (Fsp3) is 1.00. The van der Waals surface area contributed by atoms with Crippen molar-refractivity contribution in [1.29, 1.82) is 0 Å². The maximum atomic E-state index is 11.1. The molecule has 14 heavy (non-hydrogen) atoms. The molecule has 1 fully saturated rings. The standard InChI is InChI=1S/C9H18ClNO2S/c1-9(5-3-2-4-6-9)7-11-14(12,13)8-10/h11H,2-8H2,1H3. The van der Waals surface area contributed by atoms with Gasteiger partial charge in [-0.1, -0.05) is 26.2 Å². The van der Waals surface area contributed by atoms with Crippen molar-refractivity contribution in [1.82, 2.24) is 4.72 Å². The van der Waals surface area contributed by atoms with Crippen LogP contribution in [-0.4, -0.2) is 20.2 Å². The second-order valence-corrected chi connectivity index (χ2v) is 6.81. The summed E-state index contributed by atoms with van der Waals surface area (Å²) < 4.78 is 24.8. The molecule has 1 saturated carbocycles. The Kier molecular flexibility index (Phi) is 4.22. The highest BCUT2D eigenvalue weighted by Crippen LogP contribution is 2.35. The molecule has 0 saturated heterocycles. The number of nitrogens with one attached hydrogen (secondary N) is 1. The third-order valence-corrected chi connectivity index (χ3v) is 4.66. The van der Waals surface area contributed by atoms with E-state index in [2.05, 4.69) is 11.6 Å². The molecule has 0 spiro atoms. The normalized spacial score (nSPS) is 22.1. The van der Waals surface area contributed by atoms with Crippen molar-refractivity contribution in [2.24, 2.45) is 5.41 Å². The number of sulfonamides is 1. The molecule has 1 aliphatic carbocycles. The number of rotatable bonds is 4. The van der Waals surface area contributed by atoms with E-state index in [-0.39, 0.29) is 10.6 Å². The van der Waals surface area contributed by atoms with E-state index in [0.717, 1.165) is 12.8 Å². The monoisotopic (exact) mass is 239 g/mol. The predicted octanol–water partition coefficient (Wildman–Crippen LogP) is 2.07. The highest BCUT2D eigenvalue weighted by atomic mass is 35.5. The molecule has 0 aromatic rings. The van der Waals surface area contributed by atoms with Gasteiger partial charge in [0.15, 0.2) is 0 Å². The van der Waals surface area contributed by atoms with Crippen molar-refractivity contribution in [2.45, 2.75) is 39.0 Å². The van der Waals surface area contributed by atoms with E-state index in [1.807, 2.05) is 0 Å². The molecular weight excluding hydrogens is 222 g/mol. The van der Waals surface area contributed by atoms with Crippen LogP contribution >= 0.6 is 11.6 Å². The molecule has 0 radical (unpaired) electrons. The first-order valence-electron chi connectivity index (χ1n) is 5.01. The largest absolute Gasteiger partial charge is 0.225 e. The van der Waals surface area contributed by atoms with Crippen molar-refractivity contribution in [3.8, 4) is 0 Å². The maximum Gasteiger partial charge on any atom is 0.225 e. The van der Waals surface area contributed by atoms with Gasteiger partial charge in [0.1, 0.15) is 5.21 Å². The van der Waals surface area contributed by atoms with Crippen LogP contribution in [-0.2, 0) is 10.0 Å². The van der Waals surface area contributed by atoms with Gasteiger partial charge in [-0.15, -0.1) is 11.6 Å². The van der Waals surface area contributed by atoms with Crippen LogP contribution in [0.2, 0.25) is 0 Å². The van der Waals surface area contributed by atoms with Crippen LogP contribution in [0.3, 0.4) is 0 Å². The lowest BCUT2D eigenvalue weighted by Gasteiger charge is -2.33. The third-order valence-electron chi connectivity index (χ3n) is 2.92. The van der Waals surface area contributed by atoms with Crippen LogP contribution in [0, 0.1) is 5.41 Å². The Bertz CT molecular complexity index is 271. The molecule has 0 atom stereocenters. The van der Waals surface area contributed by atoms with Crippen molar-refractivity contribution < 1.29 is 8.42 Å². The molecule has 84 valence electrons. The molecule has 0 aromatic heterocycles. The van der Waals surface area contributed by atoms with Crippen molar-refractivity contribution in [2.75, 3.05) is 11.8 Å². The molecular formula is C9H18ClNO2S. The molecule has 1 aliphatic rings. The Labute approximate surface area is 91.3 Å². The number of alkyl halides is 1. The topological polar surface area (TPSA) is 46.2 Å². The minimum Gasteiger partial charge on any atom is -0.214 e. The summed E-state index contributed by atoms with van der Waals surface area (Å²) in [4.78, 5) is 0. The van der Waals surface area contributed by atoms with Crippen molar-refractivity contribution in [3.63, 3.8) is 0 Å². The Balaban J connectivity index is 2.43. The zero-order valence-corrected chi connectivity index (χ0v) is 10.1. The fourth-order valence-electron chi connectivity index (χ4n) is 1.90. The summed E-state index contributed by atoms with van der Waals surface area (Å²) in [5.41, 5.74) is 0.136. The van der Waals surface area contributed by atoms with Gasteiger partial charge in [-0.05, 0) is 18.3 Å². The molecule has 0 aliphatic heterocycles. The quantitative estimate of drug-likeness (QED) is 0.764. The highest BCUT2D eigenvalue weighted by molar-refractivity contribution is 7.90. The second kappa shape index (κ2) is 4.81. The third kappa shape index (κ3) is 3.75. The molecule has 0 unspecified atom stereocenters. The Hall–Kier alpha value is 0.200. The summed E-state index contributed by atoms with van der Waals surface area (Å²) in [6.07, 6.45) is 5.91. The Morgan fingerprint density at radius 2 is 1.86 bits per heavy atom. The van der Waals surface area contributed by atoms with Crippen LogP contribution < -0.4 is 4.72 Å². The summed E-state index contributed by atoms with van der Waals surface area (Å²) >= 11 is 5.31. The maximum absolute atomic E-state index is 11.1. The summed E-state index contributed by atoms with van der Waals surface area (Å²) in [5.74, 6) is 0. The van der Waals surface area contributed by atoms with E-state index in [0.29, 0.717) is 6.54 Å². The zero-order valence-electron chi connectivity index (χ0n) is 8.55. The van der Waals surface area contributed by atoms with Crippen LogP contribution in [0.4, 0.5) is 0 Å². The van der Waals surface area contributed by atoms with Gasteiger partial charge in [-0.3, -0.25) is 0 Å². The van der Waals surface area contributed by atoms with E-state index >= 15 is 0 Å². The lowest BCUT2D eigenvalue weighted by Crippen LogP contribution is -2.37. The SMILES string of the molecule is CC1(CNS(=O)(=O)CCl)CCCCC1. The minimum atomic E-state index is -3.24. The van der Waals surface area contributed by atoms with Crippen LogP contribution in [0.15, 0.2) is 0 Å². The van der Waals surface area contributed by atoms with Gasteiger partial charge in [0.25, 0.3) is 0 Å². The average molecular weight is 240 g/mol. The van der Waals surface area contributed by atoms with E-state index in [1.165, 1.54) is 19.3 Å². The number of hydrogen-bond acceptors (Lipinski definition) is 2. The van der Waals surface area contributed by atoms with Gasteiger partial charge in [0.2, 0.25) is 10.0 Å². The van der Waals surface area contributed by atoms with E-state index in [4.69, 9.17) is 11.6 Å². The molecule has 1 N–H and O–H groups in total. The van der Waals surface area contributed by atoms with Crippen LogP contribution in [0.1, 0.15) is 39.0 Å². The van der Waals surface area contributed by atoms with Gasteiger partial charge < -0.3 is 0 Å². The van der Waals surface area contributed by atoms with Crippen LogP contribution in [0.5, 0.6) is 0 Å². The van der Waals surface area contributed by atoms with E-state index in [9.17, 15) is 8.42 Å². The first-order valence-corrected chi connectivity index (χ1v) is 7.19. The van der Waals surface area contributed by atoms with Crippen molar-refractivity contribution >= 4 is 21.6 Å². The number of hydrogen-bond donors (Lipinski definition) is 1. The lowest BCUT2D eigenvalue weighted by molar-refractivity contribution is 0.219. The number of halogens is 1. The lowest BCUT2D eigenvalue weighted by atomic mass is 9.76. The first kappa shape index (κ1) is 12.3. The van der Waals surface area contributed by atoms with Gasteiger partial charge in [-0.2, -0.15) is 0 Å². The zero-order chi connectivity index (χ0) is 10.7. The summed E-state index contributed by atoms with van der Waals surface area (Å²) in [6.45, 7) is 2.67. The highest BCUT2D eigenvalue weighted by Gasteiger charge is 2.27. The van der Waals surface area contributed by atoms with Crippen molar-refractivity contribution in [3.05, 3.63) is 0 Å². The second-order valence-electron chi connectivity index (χ2n) is 4.42. The molecule has 3 nitrogen and oxygen atoms in total. The first-order chi connectivity index (χ1) is 6.47. The minimum absolute atomic E-state index is 0.136. The molecule has 0 aromatic carbocycles. The smallest absolute Gasteiger partial charge is 0.214 e. The van der Waals surface area contributed by atoms with Gasteiger partial charge in [0.05, 0.1) is 0 Å². The molecule has 0 amide bonds. The molecule has 1 rings (SSSR count). The summed E-state index contributed by atoms with van der Waals surface area (Å²) in [7, 11) is -3.24. The molecule has 0 bridgehead atoms. The van der Waals surface area contributed by atoms with Crippen LogP contribution in [0.25, 0.3) is 0 Å². The molecule has 0 heterocycles. The fourth-order valence-corrected chi connectivity index (χ4v) is 2.78. The summed E-state index contributed by atoms with van der Waals surface area (Å²) in [5, 5.41) is -0.344. The predicted molar refractivity (Wildman–Crippen MR) is 58.8 cm³/mol.